The van der Waals surface area contributed by atoms with Crippen molar-refractivity contribution in [3.63, 3.8) is 0 Å². The highest BCUT2D eigenvalue weighted by Crippen LogP contribution is 2.34. The lowest BCUT2D eigenvalue weighted by molar-refractivity contribution is 0.0141. The van der Waals surface area contributed by atoms with Crippen molar-refractivity contribution in [2.24, 2.45) is 5.73 Å². The predicted octanol–water partition coefficient (Wildman–Crippen LogP) is 8.78. The molecule has 1 saturated heterocycles. The van der Waals surface area contributed by atoms with Crippen LogP contribution in [0.5, 0.6) is 17.2 Å². The molecule has 4 aromatic carbocycles. The Balaban J connectivity index is 0.988. The van der Waals surface area contributed by atoms with Crippen LogP contribution in [0.2, 0.25) is 0 Å². The highest BCUT2D eigenvalue weighted by atomic mass is 16.6. The molecule has 6 heterocycles. The predicted molar refractivity (Wildman–Crippen MR) is 332 cm³/mol. The van der Waals surface area contributed by atoms with Gasteiger partial charge in [0.1, 0.15) is 51.9 Å². The lowest BCUT2D eigenvalue weighted by Crippen LogP contribution is -2.50. The van der Waals surface area contributed by atoms with Crippen LogP contribution >= 0.6 is 0 Å². The fraction of sp³-hybridized carbons (Fsp3) is 0.365. The highest BCUT2D eigenvalue weighted by molar-refractivity contribution is 6.06. The zero-order valence-corrected chi connectivity index (χ0v) is 50.7. The molecule has 9 aromatic rings. The van der Waals surface area contributed by atoms with Crippen LogP contribution in [-0.4, -0.2) is 141 Å². The van der Waals surface area contributed by atoms with Gasteiger partial charge >= 0.3 is 6.09 Å². The summed E-state index contributed by atoms with van der Waals surface area (Å²) >= 11 is 0. The Bertz CT molecular complexity index is 3950. The van der Waals surface area contributed by atoms with Gasteiger partial charge in [-0.2, -0.15) is 10.2 Å². The third kappa shape index (κ3) is 14.0. The fourth-order valence-corrected chi connectivity index (χ4v) is 10.6. The van der Waals surface area contributed by atoms with E-state index in [0.29, 0.717) is 127 Å². The van der Waals surface area contributed by atoms with Gasteiger partial charge in [0.2, 0.25) is 17.8 Å². The highest BCUT2D eigenvalue weighted by Gasteiger charge is 2.27. The zero-order valence-electron chi connectivity index (χ0n) is 50.7. The summed E-state index contributed by atoms with van der Waals surface area (Å²) < 4.78 is 30.1. The molecule has 0 bridgehead atoms. The topological polar surface area (TPSA) is 262 Å². The number of nitrogens with zero attached hydrogens (tertiary/aromatic N) is 13. The quantitative estimate of drug-likeness (QED) is 0.0399. The summed E-state index contributed by atoms with van der Waals surface area (Å²) in [6.45, 7) is 18.8. The minimum Gasteiger partial charge on any atom is -0.497 e. The van der Waals surface area contributed by atoms with Crippen molar-refractivity contribution in [2.75, 3.05) is 69.1 Å². The van der Waals surface area contributed by atoms with E-state index in [1.165, 1.54) is 0 Å². The summed E-state index contributed by atoms with van der Waals surface area (Å²) in [5.41, 5.74) is 12.5. The molecule has 5 aromatic heterocycles. The molecule has 1 aliphatic heterocycles. The molecule has 87 heavy (non-hydrogen) atoms. The SMILES string of the molecule is CCn1nc(C)cc1C(=O)Nc1nc2cc3c(N(Cc4ccc(OC)cc4)Cc4ccc(OC)cc4)ncnc3cc2n1C/C=C/Cn1c(NC(=O)c2cc(C)nn2CC)nc2cc(C(N)=O)cc(OCCCN3CCN(C(=O)OC(C)(C)C)CC3)c21. The van der Waals surface area contributed by atoms with Crippen molar-refractivity contribution in [3.8, 4) is 17.2 Å². The molecule has 24 nitrogen and oxygen atoms in total. The molecule has 0 spiro atoms. The second-order valence-electron chi connectivity index (χ2n) is 22.3. The lowest BCUT2D eigenvalue weighted by Gasteiger charge is -2.35. The molecule has 4 N–H and O–H groups in total. The van der Waals surface area contributed by atoms with Gasteiger partial charge < -0.3 is 43.6 Å². The number of carbonyl (C=O) groups excluding carboxylic acids is 4. The van der Waals surface area contributed by atoms with E-state index in [-0.39, 0.29) is 49.2 Å². The van der Waals surface area contributed by atoms with Gasteiger partial charge in [-0.05, 0) is 127 Å². The Morgan fingerprint density at radius 3 is 1.80 bits per heavy atom. The van der Waals surface area contributed by atoms with Gasteiger partial charge in [-0.25, -0.2) is 24.7 Å². The van der Waals surface area contributed by atoms with Gasteiger partial charge in [-0.1, -0.05) is 36.4 Å². The fourth-order valence-electron chi connectivity index (χ4n) is 10.6. The van der Waals surface area contributed by atoms with Crippen LogP contribution in [0.15, 0.2) is 103 Å². The smallest absolute Gasteiger partial charge is 0.410 e. The number of aryl methyl sites for hydroxylation is 4. The molecule has 24 heteroatoms. The number of hydrogen-bond acceptors (Lipinski definition) is 16. The van der Waals surface area contributed by atoms with Crippen molar-refractivity contribution >= 4 is 74.5 Å². The summed E-state index contributed by atoms with van der Waals surface area (Å²) in [6.07, 6.45) is 5.72. The number of ether oxygens (including phenoxy) is 4. The van der Waals surface area contributed by atoms with E-state index < -0.39 is 17.4 Å². The van der Waals surface area contributed by atoms with Crippen molar-refractivity contribution in [3.05, 3.63) is 143 Å². The van der Waals surface area contributed by atoms with Crippen LogP contribution in [0.3, 0.4) is 0 Å². The monoisotopic (exact) mass is 1180 g/mol. The van der Waals surface area contributed by atoms with E-state index in [9.17, 15) is 19.2 Å². The molecular weight excluding hydrogens is 1110 g/mol. The number of anilines is 3. The van der Waals surface area contributed by atoms with E-state index in [1.54, 1.807) is 59.1 Å². The van der Waals surface area contributed by atoms with Crippen LogP contribution in [0.1, 0.15) is 94.9 Å². The standard InChI is InChI=1S/C63H74N16O8/c1-10-78-52(31-40(3)71-78)58(81)69-60-67-49-35-47-48(65-39-66-57(47)75(37-42-15-19-45(84-8)20-16-42)38-43-17-21-46(85-9)22-18-43)36-51(49)76(60)24-12-13-25-77-55-50(68-61(77)70-59(82)53-32-41(4)72-79(53)11-2)33-44(56(64)80)34-54(55)86-30-14-23-73-26-28-74(29-27-73)62(83)87-63(5,6)7/h12-13,15-22,31-36,39H,10-11,14,23-30,37-38H2,1-9H3,(H2,64,80)(H,67,69,81)(H,68,70,82)/b13-12+. The van der Waals surface area contributed by atoms with E-state index in [0.717, 1.165) is 28.0 Å². The number of rotatable bonds is 23. The summed E-state index contributed by atoms with van der Waals surface area (Å²) in [6, 6.07) is 26.4. The largest absolute Gasteiger partial charge is 0.497 e. The Hall–Kier alpha value is -9.84. The normalized spacial score (nSPS) is 13.0. The number of carbonyl (C=O) groups is 4. The first kappa shape index (κ1) is 60.3. The number of allylic oxidation sites excluding steroid dienone is 2. The number of piperazine rings is 1. The Morgan fingerprint density at radius 1 is 0.690 bits per heavy atom. The number of methoxy groups -OCH3 is 2. The number of nitrogens with two attached hydrogens (primary N) is 1. The number of amides is 4. The first-order valence-electron chi connectivity index (χ1n) is 29.1. The minimum atomic E-state index is -0.674. The average Bonchev–Trinajstić information content (AvgIpc) is 4.43. The van der Waals surface area contributed by atoms with Crippen LogP contribution < -0.4 is 35.5 Å². The molecule has 10 rings (SSSR count). The Kier molecular flexibility index (Phi) is 18.2. The summed E-state index contributed by atoms with van der Waals surface area (Å²) in [5, 5.41) is 15.9. The molecular formula is C63H74N16O8. The molecule has 0 unspecified atom stereocenters. The average molecular weight is 1180 g/mol. The summed E-state index contributed by atoms with van der Waals surface area (Å²) in [5.74, 6) is 1.50. The number of fused-ring (bicyclic) bond motifs is 3. The van der Waals surface area contributed by atoms with E-state index in [1.807, 2.05) is 130 Å². The molecule has 1 aliphatic rings. The van der Waals surface area contributed by atoms with E-state index >= 15 is 0 Å². The Morgan fingerprint density at radius 2 is 1.25 bits per heavy atom. The maximum Gasteiger partial charge on any atom is 0.410 e. The summed E-state index contributed by atoms with van der Waals surface area (Å²) in [7, 11) is 3.29. The molecule has 0 aliphatic carbocycles. The second-order valence-corrected chi connectivity index (χ2v) is 22.3. The number of primary amides is 1. The number of aromatic nitrogens is 10. The molecule has 0 saturated carbocycles. The first-order valence-corrected chi connectivity index (χ1v) is 29.1. The van der Waals surface area contributed by atoms with Gasteiger partial charge in [-0.15, -0.1) is 0 Å². The van der Waals surface area contributed by atoms with Crippen LogP contribution in [-0.2, 0) is 44.0 Å². The van der Waals surface area contributed by atoms with E-state index in [4.69, 9.17) is 44.6 Å². The van der Waals surface area contributed by atoms with Crippen molar-refractivity contribution < 1.29 is 38.1 Å². The third-order valence-electron chi connectivity index (χ3n) is 14.9. The van der Waals surface area contributed by atoms with Gasteiger partial charge in [0.25, 0.3) is 11.8 Å². The van der Waals surface area contributed by atoms with Crippen molar-refractivity contribution in [2.45, 2.75) is 99.8 Å². The van der Waals surface area contributed by atoms with Gasteiger partial charge in [0.15, 0.2) is 0 Å². The first-order chi connectivity index (χ1) is 41.9. The second kappa shape index (κ2) is 26.2. The van der Waals surface area contributed by atoms with Gasteiger partial charge in [0, 0.05) is 82.9 Å². The van der Waals surface area contributed by atoms with Gasteiger partial charge in [0.05, 0.1) is 54.3 Å². The minimum absolute atomic E-state index is 0.160. The van der Waals surface area contributed by atoms with E-state index in [2.05, 4.69) is 30.6 Å². The summed E-state index contributed by atoms with van der Waals surface area (Å²) in [4.78, 5) is 79.9. The zero-order chi connectivity index (χ0) is 61.5. The van der Waals surface area contributed by atoms with Crippen LogP contribution in [0, 0.1) is 13.8 Å². The number of hydrogen-bond donors (Lipinski definition) is 3. The van der Waals surface area contributed by atoms with Crippen molar-refractivity contribution in [1.29, 1.82) is 0 Å². The number of imidazole rings is 2. The molecule has 0 radical (unpaired) electrons. The number of benzene rings is 4. The van der Waals surface area contributed by atoms with Crippen molar-refractivity contribution in [1.82, 2.24) is 58.4 Å². The Labute approximate surface area is 503 Å². The molecule has 0 atom stereocenters. The molecule has 1 fully saturated rings. The lowest BCUT2D eigenvalue weighted by atomic mass is 10.1. The maximum atomic E-state index is 14.3. The maximum absolute atomic E-state index is 14.3. The van der Waals surface area contributed by atoms with Crippen LogP contribution in [0.4, 0.5) is 22.5 Å². The van der Waals surface area contributed by atoms with Gasteiger partial charge in [-0.3, -0.25) is 39.3 Å². The van der Waals surface area contributed by atoms with Crippen LogP contribution in [0.25, 0.3) is 33.0 Å². The number of nitrogens with one attached hydrogen (secondary N) is 2. The molecule has 4 amide bonds. The third-order valence-corrected chi connectivity index (χ3v) is 14.9. The molecule has 454 valence electrons.